The highest BCUT2D eigenvalue weighted by Crippen LogP contribution is 2.34. The molecule has 1 amide bonds. The second kappa shape index (κ2) is 10.9. The maximum atomic E-state index is 13.1. The molecule has 3 aromatic rings. The van der Waals surface area contributed by atoms with E-state index in [1.54, 1.807) is 18.2 Å². The Morgan fingerprint density at radius 2 is 1.66 bits per heavy atom. The lowest BCUT2D eigenvalue weighted by Gasteiger charge is -2.30. The quantitative estimate of drug-likeness (QED) is 0.411. The number of rotatable bonds is 7. The number of halogens is 2. The minimum Gasteiger partial charge on any atom is -0.495 e. The number of anilines is 1. The molecule has 1 heterocycles. The number of hydrogen-bond donors (Lipinski definition) is 1. The molecule has 0 unspecified atom stereocenters. The molecule has 0 spiro atoms. The van der Waals surface area contributed by atoms with Crippen molar-refractivity contribution in [3.63, 3.8) is 0 Å². The van der Waals surface area contributed by atoms with E-state index in [2.05, 4.69) is 5.32 Å². The van der Waals surface area contributed by atoms with Crippen molar-refractivity contribution in [2.75, 3.05) is 25.5 Å². The maximum absolute atomic E-state index is 13.1. The van der Waals surface area contributed by atoms with E-state index in [4.69, 9.17) is 32.7 Å². The molecule has 0 aliphatic carbocycles. The first-order chi connectivity index (χ1) is 16.8. The van der Waals surface area contributed by atoms with Gasteiger partial charge in [-0.3, -0.25) is 4.79 Å². The molecule has 0 bridgehead atoms. The average Bonchev–Trinajstić information content (AvgIpc) is 2.86. The molecule has 0 aromatic heterocycles. The fraction of sp³-hybridized carbons (Fsp3) is 0.240. The third kappa shape index (κ3) is 5.90. The van der Waals surface area contributed by atoms with Crippen LogP contribution in [0, 0.1) is 5.92 Å². The van der Waals surface area contributed by atoms with Gasteiger partial charge in [0.15, 0.2) is 5.75 Å². The topological polar surface area (TPSA) is 84.9 Å². The minimum atomic E-state index is -3.74. The van der Waals surface area contributed by atoms with Crippen LogP contribution in [0.2, 0.25) is 10.0 Å². The number of carbonyl (C=O) groups excluding carboxylic acids is 1. The monoisotopic (exact) mass is 534 g/mol. The van der Waals surface area contributed by atoms with Gasteiger partial charge < -0.3 is 14.8 Å². The van der Waals surface area contributed by atoms with E-state index in [0.29, 0.717) is 40.8 Å². The van der Waals surface area contributed by atoms with Crippen molar-refractivity contribution in [1.82, 2.24) is 4.31 Å². The van der Waals surface area contributed by atoms with Crippen LogP contribution in [0.15, 0.2) is 71.6 Å². The standard InChI is InChI=1S/C25H24Cl2N2O5S/c1-33-23-10-8-20(16-21(23)27)35(31,32)29-13-11-17(12-14-29)25(30)28-22-15-18(26)7-9-24(22)34-19-5-3-2-4-6-19/h2-10,15-17H,11-14H2,1H3,(H,28,30). The van der Waals surface area contributed by atoms with Crippen LogP contribution in [0.5, 0.6) is 17.2 Å². The number of piperidine rings is 1. The zero-order valence-electron chi connectivity index (χ0n) is 18.9. The molecular weight excluding hydrogens is 511 g/mol. The molecule has 0 radical (unpaired) electrons. The number of nitrogens with one attached hydrogen (secondary N) is 1. The molecule has 35 heavy (non-hydrogen) atoms. The number of nitrogens with zero attached hydrogens (tertiary/aromatic N) is 1. The molecule has 7 nitrogen and oxygen atoms in total. The second-order valence-corrected chi connectivity index (χ2v) is 10.8. The summed E-state index contributed by atoms with van der Waals surface area (Å²) in [6.07, 6.45) is 0.759. The zero-order chi connectivity index (χ0) is 25.0. The van der Waals surface area contributed by atoms with Crippen molar-refractivity contribution in [2.24, 2.45) is 5.92 Å². The molecule has 4 rings (SSSR count). The molecule has 10 heteroatoms. The first-order valence-corrected chi connectivity index (χ1v) is 13.1. The van der Waals surface area contributed by atoms with Gasteiger partial charge in [0.1, 0.15) is 11.5 Å². The number of amides is 1. The predicted octanol–water partition coefficient (Wildman–Crippen LogP) is 5.83. The Morgan fingerprint density at radius 3 is 2.31 bits per heavy atom. The number of carbonyl (C=O) groups is 1. The Morgan fingerprint density at radius 1 is 0.971 bits per heavy atom. The summed E-state index contributed by atoms with van der Waals surface area (Å²) < 4.78 is 38.5. The molecule has 0 saturated carbocycles. The van der Waals surface area contributed by atoms with Crippen molar-refractivity contribution in [2.45, 2.75) is 17.7 Å². The van der Waals surface area contributed by atoms with Gasteiger partial charge in [-0.15, -0.1) is 0 Å². The Kier molecular flexibility index (Phi) is 7.86. The molecule has 184 valence electrons. The first-order valence-electron chi connectivity index (χ1n) is 10.9. The molecule has 1 aliphatic heterocycles. The Bertz CT molecular complexity index is 1310. The van der Waals surface area contributed by atoms with Crippen LogP contribution < -0.4 is 14.8 Å². The molecule has 1 N–H and O–H groups in total. The number of para-hydroxylation sites is 1. The summed E-state index contributed by atoms with van der Waals surface area (Å²) in [5.74, 6) is 0.921. The van der Waals surface area contributed by atoms with E-state index in [1.807, 2.05) is 30.3 Å². The Balaban J connectivity index is 1.42. The molecule has 0 atom stereocenters. The fourth-order valence-electron chi connectivity index (χ4n) is 3.85. The van der Waals surface area contributed by atoms with Crippen LogP contribution in [-0.4, -0.2) is 38.8 Å². The van der Waals surface area contributed by atoms with Crippen LogP contribution in [0.3, 0.4) is 0 Å². The van der Waals surface area contributed by atoms with Crippen LogP contribution in [-0.2, 0) is 14.8 Å². The number of methoxy groups -OCH3 is 1. The molecule has 1 saturated heterocycles. The summed E-state index contributed by atoms with van der Waals surface area (Å²) in [4.78, 5) is 13.1. The highest BCUT2D eigenvalue weighted by atomic mass is 35.5. The van der Waals surface area contributed by atoms with Gasteiger partial charge in [0.2, 0.25) is 15.9 Å². The number of benzene rings is 3. The van der Waals surface area contributed by atoms with Crippen molar-refractivity contribution >= 4 is 44.8 Å². The third-order valence-electron chi connectivity index (χ3n) is 5.76. The Labute approximate surface area is 214 Å². The minimum absolute atomic E-state index is 0.0906. The van der Waals surface area contributed by atoms with Gasteiger partial charge in [0.25, 0.3) is 0 Å². The predicted molar refractivity (Wildman–Crippen MR) is 136 cm³/mol. The van der Waals surface area contributed by atoms with Gasteiger partial charge in [-0.05, 0) is 61.4 Å². The van der Waals surface area contributed by atoms with Gasteiger partial charge in [-0.1, -0.05) is 41.4 Å². The van der Waals surface area contributed by atoms with E-state index in [1.165, 1.54) is 29.6 Å². The van der Waals surface area contributed by atoms with E-state index in [-0.39, 0.29) is 34.8 Å². The van der Waals surface area contributed by atoms with Crippen molar-refractivity contribution < 1.29 is 22.7 Å². The third-order valence-corrected chi connectivity index (χ3v) is 8.18. The van der Waals surface area contributed by atoms with E-state index in [0.717, 1.165) is 0 Å². The number of hydrogen-bond acceptors (Lipinski definition) is 5. The Hall–Kier alpha value is -2.78. The first kappa shape index (κ1) is 25.3. The summed E-state index contributed by atoms with van der Waals surface area (Å²) in [7, 11) is -2.28. The normalized spacial score (nSPS) is 14.9. The molecule has 1 fully saturated rings. The van der Waals surface area contributed by atoms with Gasteiger partial charge in [-0.2, -0.15) is 4.31 Å². The molecule has 3 aromatic carbocycles. The van der Waals surface area contributed by atoms with E-state index in [9.17, 15) is 13.2 Å². The highest BCUT2D eigenvalue weighted by molar-refractivity contribution is 7.89. The molecule has 1 aliphatic rings. The lowest BCUT2D eigenvalue weighted by Crippen LogP contribution is -2.41. The summed E-state index contributed by atoms with van der Waals surface area (Å²) in [5, 5.41) is 3.58. The van der Waals surface area contributed by atoms with Crippen molar-refractivity contribution in [1.29, 1.82) is 0 Å². The van der Waals surface area contributed by atoms with Gasteiger partial charge in [0, 0.05) is 24.0 Å². The fourth-order valence-corrected chi connectivity index (χ4v) is 5.85. The van der Waals surface area contributed by atoms with Crippen LogP contribution >= 0.6 is 23.2 Å². The van der Waals surface area contributed by atoms with Gasteiger partial charge in [0.05, 0.1) is 22.7 Å². The van der Waals surface area contributed by atoms with Crippen molar-refractivity contribution in [3.05, 3.63) is 76.8 Å². The lowest BCUT2D eigenvalue weighted by atomic mass is 9.97. The van der Waals surface area contributed by atoms with E-state index < -0.39 is 10.0 Å². The second-order valence-electron chi connectivity index (χ2n) is 8.02. The van der Waals surface area contributed by atoms with Crippen LogP contribution in [0.25, 0.3) is 0 Å². The van der Waals surface area contributed by atoms with E-state index >= 15 is 0 Å². The van der Waals surface area contributed by atoms with Crippen LogP contribution in [0.4, 0.5) is 5.69 Å². The van der Waals surface area contributed by atoms with Crippen molar-refractivity contribution in [3.8, 4) is 17.2 Å². The van der Waals surface area contributed by atoms with Gasteiger partial charge in [-0.25, -0.2) is 8.42 Å². The highest BCUT2D eigenvalue weighted by Gasteiger charge is 2.32. The maximum Gasteiger partial charge on any atom is 0.243 e. The lowest BCUT2D eigenvalue weighted by molar-refractivity contribution is -0.120. The summed E-state index contributed by atoms with van der Waals surface area (Å²) >= 11 is 12.3. The smallest absolute Gasteiger partial charge is 0.243 e. The molecular formula is C25H24Cl2N2O5S. The summed E-state index contributed by atoms with van der Waals surface area (Å²) in [6.45, 7) is 0.431. The SMILES string of the molecule is COc1ccc(S(=O)(=O)N2CCC(C(=O)Nc3cc(Cl)ccc3Oc3ccccc3)CC2)cc1Cl. The van der Waals surface area contributed by atoms with Gasteiger partial charge >= 0.3 is 0 Å². The largest absolute Gasteiger partial charge is 0.495 e. The average molecular weight is 535 g/mol. The zero-order valence-corrected chi connectivity index (χ0v) is 21.2. The number of ether oxygens (including phenoxy) is 2. The van der Waals surface area contributed by atoms with Crippen LogP contribution in [0.1, 0.15) is 12.8 Å². The number of sulfonamides is 1. The summed E-state index contributed by atoms with van der Waals surface area (Å²) in [5.41, 5.74) is 0.453. The summed E-state index contributed by atoms with van der Waals surface area (Å²) in [6, 6.07) is 18.6.